The molecule has 0 spiro atoms. The van der Waals surface area contributed by atoms with Crippen LogP contribution in [0.4, 0.5) is 0 Å². The summed E-state index contributed by atoms with van der Waals surface area (Å²) < 4.78 is 28.0. The molecule has 0 unspecified atom stereocenters. The molecule has 0 atom stereocenters. The van der Waals surface area contributed by atoms with E-state index in [1.165, 1.54) is 0 Å². The predicted octanol–water partition coefficient (Wildman–Crippen LogP) is 1.33. The van der Waals surface area contributed by atoms with Crippen molar-refractivity contribution in [1.82, 2.24) is 14.9 Å². The Kier molecular flexibility index (Phi) is 6.19. The summed E-state index contributed by atoms with van der Waals surface area (Å²) in [5, 5.41) is 3.30. The fourth-order valence-corrected chi connectivity index (χ4v) is 3.72. The van der Waals surface area contributed by atoms with Crippen LogP contribution in [0.5, 0.6) is 0 Å². The fraction of sp³-hybridized carbons (Fsp3) is 0.571. The average molecular weight is 376 g/mol. The van der Waals surface area contributed by atoms with Crippen molar-refractivity contribution in [3.05, 3.63) is 28.2 Å². The topological polar surface area (TPSA) is 61.4 Å². The van der Waals surface area contributed by atoms with Crippen molar-refractivity contribution in [3.8, 4) is 0 Å². The average Bonchev–Trinajstić information content (AvgIpc) is 2.47. The highest BCUT2D eigenvalue weighted by molar-refractivity contribution is 9.10. The quantitative estimate of drug-likeness (QED) is 0.736. The Morgan fingerprint density at radius 3 is 2.71 bits per heavy atom. The number of nitrogens with zero attached hydrogens (tertiary/aromatic N) is 1. The Morgan fingerprint density at radius 2 is 2.05 bits per heavy atom. The van der Waals surface area contributed by atoms with E-state index >= 15 is 0 Å². The number of rotatable bonds is 6. The summed E-state index contributed by atoms with van der Waals surface area (Å²) in [6.07, 6.45) is 0.828. The molecule has 0 amide bonds. The lowest BCUT2D eigenvalue weighted by atomic mass is 10.2. The molecule has 1 fully saturated rings. The minimum absolute atomic E-state index is 0.324. The smallest absolute Gasteiger partial charge is 0.240 e. The van der Waals surface area contributed by atoms with Gasteiger partial charge in [-0.15, -0.1) is 0 Å². The van der Waals surface area contributed by atoms with Gasteiger partial charge < -0.3 is 10.2 Å². The first-order chi connectivity index (χ1) is 9.99. The molecule has 118 valence electrons. The number of halogens is 1. The number of sulfonamides is 1. The van der Waals surface area contributed by atoms with Crippen LogP contribution in [0.1, 0.15) is 12.0 Å². The summed E-state index contributed by atoms with van der Waals surface area (Å²) in [6, 6.07) is 5.07. The van der Waals surface area contributed by atoms with Crippen molar-refractivity contribution in [1.29, 1.82) is 0 Å². The van der Waals surface area contributed by atoms with Crippen LogP contribution in [0.15, 0.2) is 27.6 Å². The second-order valence-electron chi connectivity index (χ2n) is 5.25. The van der Waals surface area contributed by atoms with Crippen molar-refractivity contribution in [2.24, 2.45) is 0 Å². The number of benzene rings is 1. The van der Waals surface area contributed by atoms with Gasteiger partial charge in [0.2, 0.25) is 10.0 Å². The number of hydrogen-bond donors (Lipinski definition) is 2. The molecule has 1 aliphatic rings. The van der Waals surface area contributed by atoms with Crippen molar-refractivity contribution in [3.63, 3.8) is 0 Å². The van der Waals surface area contributed by atoms with E-state index in [4.69, 9.17) is 0 Å². The Balaban J connectivity index is 1.82. The van der Waals surface area contributed by atoms with Crippen LogP contribution in [-0.2, 0) is 10.0 Å². The lowest BCUT2D eigenvalue weighted by Crippen LogP contribution is -2.44. The maximum absolute atomic E-state index is 12.2. The predicted molar refractivity (Wildman–Crippen MR) is 88.0 cm³/mol. The van der Waals surface area contributed by atoms with Gasteiger partial charge >= 0.3 is 0 Å². The van der Waals surface area contributed by atoms with Gasteiger partial charge in [0.1, 0.15) is 0 Å². The van der Waals surface area contributed by atoms with Crippen LogP contribution in [0, 0.1) is 6.92 Å². The standard InChI is InChI=1S/C14H22BrN3O2S/c1-12-11-13(3-4-14(12)15)21(19,20)17-5-2-8-18-9-6-16-7-10-18/h3-4,11,16-17H,2,5-10H2,1H3. The van der Waals surface area contributed by atoms with E-state index in [-0.39, 0.29) is 0 Å². The molecule has 1 saturated heterocycles. The summed E-state index contributed by atoms with van der Waals surface area (Å²) in [5.74, 6) is 0. The zero-order chi connectivity index (χ0) is 15.3. The molecule has 1 aromatic rings. The van der Waals surface area contributed by atoms with Gasteiger partial charge in [-0.2, -0.15) is 0 Å². The molecule has 2 rings (SSSR count). The van der Waals surface area contributed by atoms with E-state index in [9.17, 15) is 8.42 Å². The largest absolute Gasteiger partial charge is 0.314 e. The third-order valence-electron chi connectivity index (χ3n) is 3.59. The zero-order valence-corrected chi connectivity index (χ0v) is 14.6. The molecule has 7 heteroatoms. The minimum atomic E-state index is -3.40. The third-order valence-corrected chi connectivity index (χ3v) is 5.94. The fourth-order valence-electron chi connectivity index (χ4n) is 2.31. The highest BCUT2D eigenvalue weighted by atomic mass is 79.9. The highest BCUT2D eigenvalue weighted by Crippen LogP contribution is 2.19. The molecule has 0 aliphatic carbocycles. The van der Waals surface area contributed by atoms with E-state index < -0.39 is 10.0 Å². The van der Waals surface area contributed by atoms with Gasteiger partial charge in [-0.25, -0.2) is 13.1 Å². The van der Waals surface area contributed by atoms with Crippen LogP contribution in [0.2, 0.25) is 0 Å². The van der Waals surface area contributed by atoms with E-state index in [0.717, 1.165) is 49.2 Å². The van der Waals surface area contributed by atoms with Crippen molar-refractivity contribution in [2.75, 3.05) is 39.3 Å². The summed E-state index contributed by atoms with van der Waals surface area (Å²) in [6.45, 7) is 7.41. The molecule has 0 aromatic heterocycles. The Labute approximate surface area is 135 Å². The normalized spacial score (nSPS) is 17.0. The van der Waals surface area contributed by atoms with E-state index in [0.29, 0.717) is 11.4 Å². The molecule has 2 N–H and O–H groups in total. The van der Waals surface area contributed by atoms with Crippen molar-refractivity contribution >= 4 is 26.0 Å². The van der Waals surface area contributed by atoms with Gasteiger partial charge in [0, 0.05) is 37.2 Å². The molecule has 0 saturated carbocycles. The first-order valence-corrected chi connectivity index (χ1v) is 9.45. The molecular weight excluding hydrogens is 354 g/mol. The maximum atomic E-state index is 12.2. The van der Waals surface area contributed by atoms with Crippen LogP contribution in [-0.4, -0.2) is 52.6 Å². The van der Waals surface area contributed by atoms with E-state index in [1.807, 2.05) is 6.92 Å². The van der Waals surface area contributed by atoms with Gasteiger partial charge in [0.05, 0.1) is 4.90 Å². The SMILES string of the molecule is Cc1cc(S(=O)(=O)NCCCN2CCNCC2)ccc1Br. The molecule has 1 heterocycles. The monoisotopic (exact) mass is 375 g/mol. The molecule has 0 radical (unpaired) electrons. The first kappa shape index (κ1) is 16.9. The zero-order valence-electron chi connectivity index (χ0n) is 12.2. The summed E-state index contributed by atoms with van der Waals surface area (Å²) in [4.78, 5) is 2.68. The van der Waals surface area contributed by atoms with Gasteiger partial charge in [-0.1, -0.05) is 15.9 Å². The first-order valence-electron chi connectivity index (χ1n) is 7.18. The summed E-state index contributed by atoms with van der Waals surface area (Å²) >= 11 is 3.38. The van der Waals surface area contributed by atoms with Crippen LogP contribution in [0.25, 0.3) is 0 Å². The summed E-state index contributed by atoms with van der Waals surface area (Å²) in [7, 11) is -3.40. The molecular formula is C14H22BrN3O2S. The van der Waals surface area contributed by atoms with Gasteiger partial charge in [-0.3, -0.25) is 0 Å². The lowest BCUT2D eigenvalue weighted by molar-refractivity contribution is 0.239. The van der Waals surface area contributed by atoms with E-state index in [1.54, 1.807) is 18.2 Å². The van der Waals surface area contributed by atoms with Crippen LogP contribution < -0.4 is 10.0 Å². The lowest BCUT2D eigenvalue weighted by Gasteiger charge is -2.27. The van der Waals surface area contributed by atoms with Gasteiger partial charge in [0.25, 0.3) is 0 Å². The van der Waals surface area contributed by atoms with Gasteiger partial charge in [0.15, 0.2) is 0 Å². The van der Waals surface area contributed by atoms with E-state index in [2.05, 4.69) is 30.9 Å². The van der Waals surface area contributed by atoms with Crippen molar-refractivity contribution < 1.29 is 8.42 Å². The minimum Gasteiger partial charge on any atom is -0.314 e. The third kappa shape index (κ3) is 5.03. The Morgan fingerprint density at radius 1 is 1.33 bits per heavy atom. The second-order valence-corrected chi connectivity index (χ2v) is 7.88. The molecule has 0 bridgehead atoms. The van der Waals surface area contributed by atoms with Crippen LogP contribution >= 0.6 is 15.9 Å². The number of aryl methyl sites for hydroxylation is 1. The van der Waals surface area contributed by atoms with Crippen molar-refractivity contribution in [2.45, 2.75) is 18.2 Å². The maximum Gasteiger partial charge on any atom is 0.240 e. The molecule has 5 nitrogen and oxygen atoms in total. The Bertz CT molecular complexity index is 572. The second kappa shape index (κ2) is 7.69. The highest BCUT2D eigenvalue weighted by Gasteiger charge is 2.15. The summed E-state index contributed by atoms with van der Waals surface area (Å²) in [5.41, 5.74) is 0.915. The molecule has 1 aliphatic heterocycles. The van der Waals surface area contributed by atoms with Crippen LogP contribution in [0.3, 0.4) is 0 Å². The Hall–Kier alpha value is -0.470. The number of hydrogen-bond acceptors (Lipinski definition) is 4. The molecule has 21 heavy (non-hydrogen) atoms. The number of piperazine rings is 1. The molecule has 1 aromatic carbocycles. The van der Waals surface area contributed by atoms with Gasteiger partial charge in [-0.05, 0) is 43.7 Å². The number of nitrogens with one attached hydrogen (secondary N) is 2.